The minimum absolute atomic E-state index is 0.0306. The summed E-state index contributed by atoms with van der Waals surface area (Å²) < 4.78 is 11.4. The van der Waals surface area contributed by atoms with Gasteiger partial charge in [0.1, 0.15) is 23.2 Å². The van der Waals surface area contributed by atoms with E-state index in [-0.39, 0.29) is 40.8 Å². The normalized spacial score (nSPS) is 23.0. The van der Waals surface area contributed by atoms with Gasteiger partial charge in [-0.25, -0.2) is 9.78 Å². The number of aromatic carboxylic acids is 1. The van der Waals surface area contributed by atoms with E-state index in [0.29, 0.717) is 19.5 Å². The van der Waals surface area contributed by atoms with Crippen molar-refractivity contribution in [2.24, 2.45) is 5.73 Å². The number of nitrogens with one attached hydrogen (secondary N) is 1. The molecule has 1 saturated carbocycles. The first kappa shape index (κ1) is 19.0. The number of likely N-dealkylation sites (tertiary alicyclic amines) is 1. The zero-order valence-electron chi connectivity index (χ0n) is 16.0. The van der Waals surface area contributed by atoms with Gasteiger partial charge >= 0.3 is 13.1 Å². The van der Waals surface area contributed by atoms with Gasteiger partial charge in [-0.1, -0.05) is 6.07 Å². The molecule has 0 spiro atoms. The average molecular weight is 412 g/mol. The van der Waals surface area contributed by atoms with Crippen LogP contribution in [0.15, 0.2) is 24.7 Å². The summed E-state index contributed by atoms with van der Waals surface area (Å²) in [6.45, 7) is 0.639. The Labute approximate surface area is 172 Å². The van der Waals surface area contributed by atoms with Crippen LogP contribution >= 0.6 is 0 Å². The standard InChI is InChI=1S/C19H21BN4O6/c21-14(3-9-5-22-8-23-9)18(25)24-6-10(7-24)29-15-2-1-11-12-4-13(12)20(28)30-17(11)16(15)19(26)27/h1-2,5,8,10,12-14,28H,3-4,6-7,21H2,(H,22,23)(H,26,27)/t12-,13-,14-/m0/s1. The van der Waals surface area contributed by atoms with Crippen LogP contribution in [0, 0.1) is 0 Å². The maximum Gasteiger partial charge on any atom is 0.526 e. The minimum Gasteiger partial charge on any atom is -0.535 e. The molecule has 2 aromatic rings. The molecule has 3 aliphatic rings. The Hall–Kier alpha value is -3.05. The molecule has 156 valence electrons. The van der Waals surface area contributed by atoms with Gasteiger partial charge in [0.15, 0.2) is 0 Å². The van der Waals surface area contributed by atoms with Crippen molar-refractivity contribution in [1.29, 1.82) is 0 Å². The van der Waals surface area contributed by atoms with Gasteiger partial charge in [0.2, 0.25) is 5.91 Å². The molecule has 0 unspecified atom stereocenters. The van der Waals surface area contributed by atoms with E-state index in [1.165, 1.54) is 6.33 Å². The van der Waals surface area contributed by atoms with Gasteiger partial charge < -0.3 is 35.1 Å². The highest BCUT2D eigenvalue weighted by Crippen LogP contribution is 2.60. The molecule has 3 atom stereocenters. The van der Waals surface area contributed by atoms with Crippen LogP contribution in [0.4, 0.5) is 0 Å². The van der Waals surface area contributed by atoms with E-state index in [0.717, 1.165) is 17.7 Å². The monoisotopic (exact) mass is 412 g/mol. The largest absolute Gasteiger partial charge is 0.535 e. The molecule has 1 aromatic carbocycles. The van der Waals surface area contributed by atoms with Gasteiger partial charge in [-0.05, 0) is 24.0 Å². The summed E-state index contributed by atoms with van der Waals surface area (Å²) in [5.41, 5.74) is 7.48. The number of hydrogen-bond donors (Lipinski definition) is 4. The Morgan fingerprint density at radius 3 is 2.93 bits per heavy atom. The second-order valence-electron chi connectivity index (χ2n) is 8.05. The number of carbonyl (C=O) groups is 2. The lowest BCUT2D eigenvalue weighted by atomic mass is 9.77. The first-order chi connectivity index (χ1) is 14.4. The highest BCUT2D eigenvalue weighted by Gasteiger charge is 2.54. The van der Waals surface area contributed by atoms with Crippen molar-refractivity contribution < 1.29 is 29.1 Å². The number of carboxylic acid groups (broad SMARTS) is 1. The fourth-order valence-electron chi connectivity index (χ4n) is 4.22. The number of carboxylic acids is 1. The average Bonchev–Trinajstić information content (AvgIpc) is 3.33. The van der Waals surface area contributed by atoms with Crippen LogP contribution < -0.4 is 15.1 Å². The van der Waals surface area contributed by atoms with Crippen molar-refractivity contribution in [2.75, 3.05) is 13.1 Å². The summed E-state index contributed by atoms with van der Waals surface area (Å²) in [6, 6.07) is 2.74. The van der Waals surface area contributed by atoms with Crippen LogP contribution in [0.1, 0.15) is 34.0 Å². The predicted octanol–water partition coefficient (Wildman–Crippen LogP) is -0.00210. The molecule has 5 N–H and O–H groups in total. The lowest BCUT2D eigenvalue weighted by Gasteiger charge is -2.40. The number of aromatic amines is 1. The highest BCUT2D eigenvalue weighted by molar-refractivity contribution is 6.48. The van der Waals surface area contributed by atoms with Crippen LogP contribution in [-0.4, -0.2) is 69.2 Å². The van der Waals surface area contributed by atoms with Crippen molar-refractivity contribution in [3.05, 3.63) is 41.5 Å². The van der Waals surface area contributed by atoms with Crippen molar-refractivity contribution in [3.8, 4) is 11.5 Å². The van der Waals surface area contributed by atoms with Crippen molar-refractivity contribution in [3.63, 3.8) is 0 Å². The van der Waals surface area contributed by atoms with E-state index >= 15 is 0 Å². The molecule has 1 aliphatic carbocycles. The molecule has 30 heavy (non-hydrogen) atoms. The van der Waals surface area contributed by atoms with Crippen LogP contribution in [0.2, 0.25) is 5.82 Å². The molecule has 2 aliphatic heterocycles. The molecule has 0 bridgehead atoms. The Kier molecular flexibility index (Phi) is 4.44. The molecule has 1 saturated heterocycles. The summed E-state index contributed by atoms with van der Waals surface area (Å²) >= 11 is 0. The fourth-order valence-corrected chi connectivity index (χ4v) is 4.22. The maximum absolute atomic E-state index is 12.5. The zero-order chi connectivity index (χ0) is 21.0. The number of amides is 1. The number of H-pyrrole nitrogens is 1. The predicted molar refractivity (Wildman–Crippen MR) is 104 cm³/mol. The summed E-state index contributed by atoms with van der Waals surface area (Å²) in [5, 5.41) is 19.7. The molecule has 2 fully saturated rings. The number of hydrogen-bond acceptors (Lipinski definition) is 7. The first-order valence-corrected chi connectivity index (χ1v) is 9.85. The van der Waals surface area contributed by atoms with E-state index in [4.69, 9.17) is 15.1 Å². The summed E-state index contributed by atoms with van der Waals surface area (Å²) in [4.78, 5) is 32.8. The number of imidazole rings is 1. The summed E-state index contributed by atoms with van der Waals surface area (Å²) in [7, 11) is -0.996. The van der Waals surface area contributed by atoms with E-state index in [1.807, 2.05) is 0 Å². The zero-order valence-corrected chi connectivity index (χ0v) is 16.0. The lowest BCUT2D eigenvalue weighted by Crippen LogP contribution is -2.60. The summed E-state index contributed by atoms with van der Waals surface area (Å²) in [5.74, 6) is -0.861. The second kappa shape index (κ2) is 7.03. The van der Waals surface area contributed by atoms with E-state index in [2.05, 4.69) is 9.97 Å². The minimum atomic E-state index is -1.18. The van der Waals surface area contributed by atoms with E-state index < -0.39 is 19.1 Å². The Balaban J connectivity index is 1.25. The van der Waals surface area contributed by atoms with Crippen molar-refractivity contribution in [1.82, 2.24) is 14.9 Å². The van der Waals surface area contributed by atoms with Crippen LogP contribution in [0.3, 0.4) is 0 Å². The number of nitrogens with two attached hydrogens (primary N) is 1. The Morgan fingerprint density at radius 2 is 2.23 bits per heavy atom. The van der Waals surface area contributed by atoms with Gasteiger partial charge in [-0.2, -0.15) is 0 Å². The van der Waals surface area contributed by atoms with Gasteiger partial charge in [-0.15, -0.1) is 0 Å². The van der Waals surface area contributed by atoms with Gasteiger partial charge in [0.05, 0.1) is 25.5 Å². The third kappa shape index (κ3) is 3.19. The smallest absolute Gasteiger partial charge is 0.526 e. The molecule has 5 rings (SSSR count). The van der Waals surface area contributed by atoms with Crippen LogP contribution in [0.5, 0.6) is 11.5 Å². The number of benzene rings is 1. The van der Waals surface area contributed by atoms with Crippen LogP contribution in [0.25, 0.3) is 0 Å². The van der Waals surface area contributed by atoms with Gasteiger partial charge in [-0.3, -0.25) is 4.79 Å². The summed E-state index contributed by atoms with van der Waals surface area (Å²) in [6.07, 6.45) is 3.96. The molecule has 0 radical (unpaired) electrons. The van der Waals surface area contributed by atoms with Crippen molar-refractivity contribution in [2.45, 2.75) is 36.7 Å². The fraction of sp³-hybridized carbons (Fsp3) is 0.421. The van der Waals surface area contributed by atoms with Crippen LogP contribution in [-0.2, 0) is 11.2 Å². The van der Waals surface area contributed by atoms with Gasteiger partial charge in [0, 0.05) is 24.1 Å². The Bertz CT molecular complexity index is 993. The maximum atomic E-state index is 12.5. The quantitative estimate of drug-likeness (QED) is 0.484. The van der Waals surface area contributed by atoms with E-state index in [9.17, 15) is 19.7 Å². The molecular formula is C19H21BN4O6. The number of rotatable bonds is 6. The third-order valence-electron chi connectivity index (χ3n) is 5.97. The number of ether oxygens (including phenoxy) is 1. The van der Waals surface area contributed by atoms with Crippen molar-refractivity contribution >= 4 is 19.0 Å². The number of carbonyl (C=O) groups excluding carboxylic acids is 1. The first-order valence-electron chi connectivity index (χ1n) is 9.85. The molecular weight excluding hydrogens is 391 g/mol. The van der Waals surface area contributed by atoms with Gasteiger partial charge in [0.25, 0.3) is 0 Å². The Morgan fingerprint density at radius 1 is 1.43 bits per heavy atom. The SMILES string of the molecule is N[C@@H](Cc1cnc[nH]1)C(=O)N1CC(Oc2ccc3c(c2C(=O)O)OB(O)[C@H]2C[C@@H]32)C1. The molecule has 1 amide bonds. The van der Waals surface area contributed by atoms with E-state index in [1.54, 1.807) is 23.2 Å². The molecule has 10 nitrogen and oxygen atoms in total. The lowest BCUT2D eigenvalue weighted by molar-refractivity contribution is -0.141. The second-order valence-corrected chi connectivity index (χ2v) is 8.05. The highest BCUT2D eigenvalue weighted by atomic mass is 16.5. The molecule has 3 heterocycles. The molecule has 11 heteroatoms. The number of fused-ring (bicyclic) bond motifs is 3. The number of aromatic nitrogens is 2. The molecule has 1 aromatic heterocycles. The number of nitrogens with zero attached hydrogens (tertiary/aromatic N) is 2. The third-order valence-corrected chi connectivity index (χ3v) is 5.97. The topological polar surface area (TPSA) is 151 Å².